The van der Waals surface area contributed by atoms with Crippen molar-refractivity contribution in [1.82, 2.24) is 0 Å². The molecule has 0 saturated carbocycles. The minimum atomic E-state index is -0.804. The first-order valence-electron chi connectivity index (χ1n) is 6.99. The number of rotatable bonds is 5. The second-order valence-electron chi connectivity index (χ2n) is 4.80. The lowest BCUT2D eigenvalue weighted by Crippen LogP contribution is -2.17. The van der Waals surface area contributed by atoms with Crippen LogP contribution in [0.1, 0.15) is 41.3 Å². The summed E-state index contributed by atoms with van der Waals surface area (Å²) in [7, 11) is 0. The molecule has 3 heteroatoms. The zero-order chi connectivity index (χ0) is 15.2. The van der Waals surface area contributed by atoms with Crippen LogP contribution in [0.2, 0.25) is 0 Å². The Labute approximate surface area is 124 Å². The Morgan fingerprint density at radius 2 is 1.52 bits per heavy atom. The van der Waals surface area contributed by atoms with Crippen LogP contribution in [-0.4, -0.2) is 18.4 Å². The molecular formula is C18H18O3. The number of benzene rings is 2. The Kier molecular flexibility index (Phi) is 4.88. The average Bonchev–Trinajstić information content (AvgIpc) is 2.54. The second-order valence-corrected chi connectivity index (χ2v) is 4.80. The molecule has 2 rings (SSSR count). The molecule has 0 fully saturated rings. The van der Waals surface area contributed by atoms with Gasteiger partial charge in [0.2, 0.25) is 0 Å². The fourth-order valence-electron chi connectivity index (χ4n) is 2.17. The summed E-state index contributed by atoms with van der Waals surface area (Å²) in [5.41, 5.74) is 2.67. The molecule has 0 amide bonds. The van der Waals surface area contributed by atoms with Crippen molar-refractivity contribution in [2.75, 3.05) is 6.61 Å². The molecule has 0 N–H and O–H groups in total. The normalized spacial score (nSPS) is 11.7. The van der Waals surface area contributed by atoms with Crippen molar-refractivity contribution in [2.24, 2.45) is 0 Å². The van der Waals surface area contributed by atoms with Gasteiger partial charge < -0.3 is 4.74 Å². The monoisotopic (exact) mass is 282 g/mol. The maximum absolute atomic E-state index is 11.8. The van der Waals surface area contributed by atoms with Crippen LogP contribution in [0.3, 0.4) is 0 Å². The van der Waals surface area contributed by atoms with Crippen LogP contribution in [0.25, 0.3) is 0 Å². The summed E-state index contributed by atoms with van der Waals surface area (Å²) in [6, 6.07) is 17.2. The smallest absolute Gasteiger partial charge is 0.379 e. The van der Waals surface area contributed by atoms with Crippen molar-refractivity contribution >= 4 is 11.8 Å². The zero-order valence-electron chi connectivity index (χ0n) is 12.2. The fraction of sp³-hybridized carbons (Fsp3) is 0.222. The van der Waals surface area contributed by atoms with E-state index in [2.05, 4.69) is 19.1 Å². The van der Waals surface area contributed by atoms with Crippen LogP contribution in [0.4, 0.5) is 0 Å². The Morgan fingerprint density at radius 1 is 0.952 bits per heavy atom. The minimum Gasteiger partial charge on any atom is -0.460 e. The molecule has 0 radical (unpaired) electrons. The van der Waals surface area contributed by atoms with Gasteiger partial charge in [-0.25, -0.2) is 4.79 Å². The largest absolute Gasteiger partial charge is 0.460 e. The van der Waals surface area contributed by atoms with E-state index < -0.39 is 11.8 Å². The molecule has 21 heavy (non-hydrogen) atoms. The van der Waals surface area contributed by atoms with E-state index in [-0.39, 0.29) is 12.5 Å². The Morgan fingerprint density at radius 3 is 2.10 bits per heavy atom. The summed E-state index contributed by atoms with van der Waals surface area (Å²) in [5, 5.41) is 0. The molecule has 0 aliphatic carbocycles. The lowest BCUT2D eigenvalue weighted by atomic mass is 9.92. The van der Waals surface area contributed by atoms with Gasteiger partial charge in [-0.15, -0.1) is 0 Å². The van der Waals surface area contributed by atoms with Crippen LogP contribution >= 0.6 is 0 Å². The van der Waals surface area contributed by atoms with Gasteiger partial charge in [0.25, 0.3) is 5.78 Å². The lowest BCUT2D eigenvalue weighted by Gasteiger charge is -2.12. The fourth-order valence-corrected chi connectivity index (χ4v) is 2.17. The van der Waals surface area contributed by atoms with Crippen LogP contribution in [0.5, 0.6) is 0 Å². The first-order valence-corrected chi connectivity index (χ1v) is 6.99. The van der Waals surface area contributed by atoms with Gasteiger partial charge in [-0.3, -0.25) is 4.79 Å². The summed E-state index contributed by atoms with van der Waals surface area (Å²) < 4.78 is 4.72. The quantitative estimate of drug-likeness (QED) is 0.478. The highest BCUT2D eigenvalue weighted by Gasteiger charge is 2.17. The van der Waals surface area contributed by atoms with E-state index in [4.69, 9.17) is 4.74 Å². The predicted octanol–water partition coefficient (Wildman–Crippen LogP) is 3.58. The number of hydrogen-bond donors (Lipinski definition) is 0. The molecule has 2 aromatic rings. The zero-order valence-corrected chi connectivity index (χ0v) is 12.2. The van der Waals surface area contributed by atoms with E-state index in [0.29, 0.717) is 5.56 Å². The number of carbonyl (C=O) groups is 2. The van der Waals surface area contributed by atoms with E-state index in [0.717, 1.165) is 5.56 Å². The van der Waals surface area contributed by atoms with E-state index in [9.17, 15) is 9.59 Å². The third-order valence-electron chi connectivity index (χ3n) is 3.43. The van der Waals surface area contributed by atoms with E-state index in [1.807, 2.05) is 30.3 Å². The second kappa shape index (κ2) is 6.84. The van der Waals surface area contributed by atoms with Gasteiger partial charge in [0.1, 0.15) is 0 Å². The maximum atomic E-state index is 11.8. The molecule has 2 aromatic carbocycles. The summed E-state index contributed by atoms with van der Waals surface area (Å²) in [6.45, 7) is 3.99. The molecule has 3 nitrogen and oxygen atoms in total. The topological polar surface area (TPSA) is 43.4 Å². The summed E-state index contributed by atoms with van der Waals surface area (Å²) >= 11 is 0. The molecule has 0 aromatic heterocycles. The molecule has 0 saturated heterocycles. The third-order valence-corrected chi connectivity index (χ3v) is 3.43. The van der Waals surface area contributed by atoms with Crippen LogP contribution in [-0.2, 0) is 9.53 Å². The van der Waals surface area contributed by atoms with Crippen molar-refractivity contribution in [3.63, 3.8) is 0 Å². The number of ether oxygens (including phenoxy) is 1. The SMILES string of the molecule is CCOC(=O)C(=O)c1ccc(C(C)c2ccccc2)cc1. The third kappa shape index (κ3) is 3.57. The number of ketones is 1. The van der Waals surface area contributed by atoms with Crippen LogP contribution in [0.15, 0.2) is 54.6 Å². The van der Waals surface area contributed by atoms with E-state index in [1.54, 1.807) is 19.1 Å². The number of Topliss-reactive ketones (excluding diaryl/α,β-unsaturated/α-hetero) is 1. The highest BCUT2D eigenvalue weighted by molar-refractivity contribution is 6.40. The number of carbonyl (C=O) groups excluding carboxylic acids is 2. The van der Waals surface area contributed by atoms with Gasteiger partial charge in [-0.1, -0.05) is 61.5 Å². The summed E-state index contributed by atoms with van der Waals surface area (Å²) in [6.07, 6.45) is 0. The molecule has 108 valence electrons. The summed E-state index contributed by atoms with van der Waals surface area (Å²) in [4.78, 5) is 23.2. The average molecular weight is 282 g/mol. The number of esters is 1. The van der Waals surface area contributed by atoms with Crippen molar-refractivity contribution < 1.29 is 14.3 Å². The van der Waals surface area contributed by atoms with E-state index >= 15 is 0 Å². The van der Waals surface area contributed by atoms with Crippen LogP contribution < -0.4 is 0 Å². The molecule has 0 aliphatic heterocycles. The van der Waals surface area contributed by atoms with Crippen molar-refractivity contribution in [3.05, 3.63) is 71.3 Å². The first kappa shape index (κ1) is 15.0. The predicted molar refractivity (Wildman–Crippen MR) is 81.4 cm³/mol. The highest BCUT2D eigenvalue weighted by atomic mass is 16.5. The van der Waals surface area contributed by atoms with Gasteiger partial charge in [-0.05, 0) is 18.1 Å². The van der Waals surface area contributed by atoms with Gasteiger partial charge >= 0.3 is 5.97 Å². The maximum Gasteiger partial charge on any atom is 0.379 e. The molecule has 0 bridgehead atoms. The van der Waals surface area contributed by atoms with Crippen LogP contribution in [0, 0.1) is 0 Å². The standard InChI is InChI=1S/C18H18O3/c1-3-21-18(20)17(19)16-11-9-15(10-12-16)13(2)14-7-5-4-6-8-14/h4-13H,3H2,1-2H3. The van der Waals surface area contributed by atoms with Crippen molar-refractivity contribution in [1.29, 1.82) is 0 Å². The Bertz CT molecular complexity index is 615. The first-order chi connectivity index (χ1) is 10.1. The minimum absolute atomic E-state index is 0.202. The van der Waals surface area contributed by atoms with E-state index in [1.165, 1.54) is 5.56 Å². The molecular weight excluding hydrogens is 264 g/mol. The van der Waals surface area contributed by atoms with Gasteiger partial charge in [0, 0.05) is 11.5 Å². The molecule has 0 heterocycles. The molecule has 0 aliphatic rings. The Balaban J connectivity index is 2.16. The van der Waals surface area contributed by atoms with Crippen molar-refractivity contribution in [3.8, 4) is 0 Å². The Hall–Kier alpha value is -2.42. The highest BCUT2D eigenvalue weighted by Crippen LogP contribution is 2.24. The van der Waals surface area contributed by atoms with Crippen molar-refractivity contribution in [2.45, 2.75) is 19.8 Å². The lowest BCUT2D eigenvalue weighted by molar-refractivity contribution is -0.137. The van der Waals surface area contributed by atoms with Gasteiger partial charge in [0.05, 0.1) is 6.61 Å². The van der Waals surface area contributed by atoms with Gasteiger partial charge in [-0.2, -0.15) is 0 Å². The molecule has 0 spiro atoms. The number of hydrogen-bond acceptors (Lipinski definition) is 3. The molecule has 1 unspecified atom stereocenters. The molecule has 1 atom stereocenters. The van der Waals surface area contributed by atoms with Gasteiger partial charge in [0.15, 0.2) is 0 Å². The summed E-state index contributed by atoms with van der Waals surface area (Å²) in [5.74, 6) is -1.17.